The van der Waals surface area contributed by atoms with Crippen molar-refractivity contribution in [2.75, 3.05) is 6.54 Å². The zero-order valence-corrected chi connectivity index (χ0v) is 24.2. The van der Waals surface area contributed by atoms with Crippen molar-refractivity contribution < 1.29 is 28.3 Å². The summed E-state index contributed by atoms with van der Waals surface area (Å²) < 4.78 is 26.7. The third-order valence-electron chi connectivity index (χ3n) is 6.85. The summed E-state index contributed by atoms with van der Waals surface area (Å²) in [6.07, 6.45) is -3.70. The molecule has 1 fully saturated rings. The van der Waals surface area contributed by atoms with Crippen LogP contribution in [0.5, 0.6) is 0 Å². The first-order chi connectivity index (χ1) is 18.9. The molecule has 40 heavy (non-hydrogen) atoms. The number of hydrogen-bond acceptors (Lipinski definition) is 7. The normalized spacial score (nSPS) is 18.1. The maximum Gasteiger partial charge on any atom is 0.265 e. The van der Waals surface area contributed by atoms with Gasteiger partial charge in [-0.2, -0.15) is 11.3 Å². The van der Waals surface area contributed by atoms with E-state index in [1.165, 1.54) is 15.7 Å². The van der Waals surface area contributed by atoms with Gasteiger partial charge in [-0.3, -0.25) is 14.4 Å². The number of β-amino-alcohol motifs (C(OH)–C–C–N with tert-alkyl or cyclic N) is 1. The predicted octanol–water partition coefficient (Wildman–Crippen LogP) is 4.54. The number of amides is 3. The van der Waals surface area contributed by atoms with E-state index in [1.54, 1.807) is 37.6 Å². The van der Waals surface area contributed by atoms with Crippen molar-refractivity contribution in [2.24, 2.45) is 5.41 Å². The van der Waals surface area contributed by atoms with Gasteiger partial charge in [0.2, 0.25) is 11.8 Å². The standard InChI is InChI=1S/C28H32F2N4O4S2/c1-15-22(40-14-32-15)17-7-5-16(6-8-17)10-31-26(37)21-9-18(35)11-34(21)27(38)23(28(2,3)4)33-25(36)20-13-39-12-19(20)24(29)30/h5-8,12-14,18,21,23-24,35H,9-11H2,1-4H3,(H,31,37)(H,33,36)/t18-,21+,23-/m1/s1. The number of benzene rings is 1. The Morgan fingerprint density at radius 2 is 1.88 bits per heavy atom. The highest BCUT2D eigenvalue weighted by atomic mass is 32.1. The Kier molecular flexibility index (Phi) is 9.01. The zero-order valence-electron chi connectivity index (χ0n) is 22.6. The van der Waals surface area contributed by atoms with Gasteiger partial charge in [-0.05, 0) is 23.5 Å². The molecular weight excluding hydrogens is 558 g/mol. The summed E-state index contributed by atoms with van der Waals surface area (Å²) in [5.74, 6) is -1.78. The summed E-state index contributed by atoms with van der Waals surface area (Å²) in [4.78, 5) is 46.4. The van der Waals surface area contributed by atoms with E-state index in [0.717, 1.165) is 33.0 Å². The van der Waals surface area contributed by atoms with E-state index in [9.17, 15) is 28.3 Å². The third kappa shape index (κ3) is 6.56. The molecule has 1 aliphatic heterocycles. The maximum absolute atomic E-state index is 13.7. The molecule has 2 aromatic heterocycles. The van der Waals surface area contributed by atoms with Gasteiger partial charge in [-0.15, -0.1) is 11.3 Å². The summed E-state index contributed by atoms with van der Waals surface area (Å²) in [6.45, 7) is 7.29. The molecule has 3 atom stereocenters. The minimum absolute atomic E-state index is 0.0477. The van der Waals surface area contributed by atoms with Crippen LogP contribution >= 0.6 is 22.7 Å². The zero-order chi connectivity index (χ0) is 29.2. The van der Waals surface area contributed by atoms with E-state index >= 15 is 0 Å². The third-order valence-corrected chi connectivity index (χ3v) is 8.59. The Morgan fingerprint density at radius 1 is 1.18 bits per heavy atom. The smallest absolute Gasteiger partial charge is 0.265 e. The summed E-state index contributed by atoms with van der Waals surface area (Å²) in [5, 5.41) is 18.4. The number of thiazole rings is 1. The van der Waals surface area contributed by atoms with Crippen LogP contribution in [0.2, 0.25) is 0 Å². The largest absolute Gasteiger partial charge is 0.391 e. The Balaban J connectivity index is 1.45. The summed E-state index contributed by atoms with van der Waals surface area (Å²) in [7, 11) is 0. The quantitative estimate of drug-likeness (QED) is 0.357. The highest BCUT2D eigenvalue weighted by molar-refractivity contribution is 7.13. The molecule has 0 aliphatic carbocycles. The lowest BCUT2D eigenvalue weighted by atomic mass is 9.85. The Morgan fingerprint density at radius 3 is 2.48 bits per heavy atom. The molecule has 3 heterocycles. The summed E-state index contributed by atoms with van der Waals surface area (Å²) >= 11 is 2.53. The first-order valence-electron chi connectivity index (χ1n) is 12.8. The lowest BCUT2D eigenvalue weighted by molar-refractivity contribution is -0.142. The maximum atomic E-state index is 13.7. The average Bonchev–Trinajstić information content (AvgIpc) is 3.64. The number of aryl methyl sites for hydroxylation is 1. The minimum Gasteiger partial charge on any atom is -0.391 e. The van der Waals surface area contributed by atoms with Crippen LogP contribution in [0, 0.1) is 12.3 Å². The molecule has 8 nitrogen and oxygen atoms in total. The molecule has 0 bridgehead atoms. The molecule has 1 aliphatic rings. The number of carbonyl (C=O) groups excluding carboxylic acids is 3. The van der Waals surface area contributed by atoms with Gasteiger partial charge in [0.15, 0.2) is 0 Å². The second-order valence-corrected chi connectivity index (χ2v) is 12.5. The van der Waals surface area contributed by atoms with Crippen molar-refractivity contribution in [2.45, 2.75) is 65.3 Å². The number of thiophene rings is 1. The fraction of sp³-hybridized carbons (Fsp3) is 0.429. The Bertz CT molecular complexity index is 1370. The highest BCUT2D eigenvalue weighted by Gasteiger charge is 2.44. The molecule has 1 saturated heterocycles. The van der Waals surface area contributed by atoms with Crippen molar-refractivity contribution in [3.63, 3.8) is 0 Å². The fourth-order valence-corrected chi connectivity index (χ4v) is 6.29. The number of alkyl halides is 2. The van der Waals surface area contributed by atoms with Crippen molar-refractivity contribution in [3.8, 4) is 10.4 Å². The number of nitrogens with one attached hydrogen (secondary N) is 2. The summed E-state index contributed by atoms with van der Waals surface area (Å²) in [6, 6.07) is 5.67. The predicted molar refractivity (Wildman–Crippen MR) is 150 cm³/mol. The molecule has 4 rings (SSSR count). The van der Waals surface area contributed by atoms with Crippen LogP contribution in [0.1, 0.15) is 60.8 Å². The highest BCUT2D eigenvalue weighted by Crippen LogP contribution is 2.30. The van der Waals surface area contributed by atoms with Crippen molar-refractivity contribution in [1.82, 2.24) is 20.5 Å². The average molecular weight is 591 g/mol. The SMILES string of the molecule is Cc1ncsc1-c1ccc(CNC(=O)[C@@H]2C[C@@H](O)CN2C(=O)[C@@H](NC(=O)c2cscc2C(F)F)C(C)(C)C)cc1. The van der Waals surface area contributed by atoms with Gasteiger partial charge in [0.25, 0.3) is 12.3 Å². The van der Waals surface area contributed by atoms with Gasteiger partial charge in [0.05, 0.1) is 27.7 Å². The molecule has 3 amide bonds. The van der Waals surface area contributed by atoms with Gasteiger partial charge >= 0.3 is 0 Å². The minimum atomic E-state index is -2.83. The van der Waals surface area contributed by atoms with Gasteiger partial charge in [0, 0.05) is 35.8 Å². The van der Waals surface area contributed by atoms with Crippen LogP contribution in [-0.2, 0) is 16.1 Å². The van der Waals surface area contributed by atoms with Crippen LogP contribution in [-0.4, -0.2) is 57.4 Å². The summed E-state index contributed by atoms with van der Waals surface area (Å²) in [5.41, 5.74) is 3.25. The van der Waals surface area contributed by atoms with E-state index in [-0.39, 0.29) is 25.1 Å². The number of carbonyl (C=O) groups is 3. The van der Waals surface area contributed by atoms with Gasteiger partial charge in [-0.1, -0.05) is 45.0 Å². The molecule has 0 radical (unpaired) electrons. The first kappa shape index (κ1) is 29.8. The number of hydrogen-bond donors (Lipinski definition) is 3. The van der Waals surface area contributed by atoms with Gasteiger partial charge in [0.1, 0.15) is 12.1 Å². The molecule has 0 saturated carbocycles. The van der Waals surface area contributed by atoms with Gasteiger partial charge < -0.3 is 20.6 Å². The monoisotopic (exact) mass is 590 g/mol. The molecule has 12 heteroatoms. The number of likely N-dealkylation sites (tertiary alicyclic amines) is 1. The van der Waals surface area contributed by atoms with Crippen LogP contribution in [0.3, 0.4) is 0 Å². The van der Waals surface area contributed by atoms with Gasteiger partial charge in [-0.25, -0.2) is 13.8 Å². The van der Waals surface area contributed by atoms with Crippen LogP contribution in [0.15, 0.2) is 40.5 Å². The number of aromatic nitrogens is 1. The molecule has 0 unspecified atom stereocenters. The van der Waals surface area contributed by atoms with E-state index < -0.39 is 53.3 Å². The van der Waals surface area contributed by atoms with Crippen molar-refractivity contribution in [3.05, 3.63) is 62.9 Å². The lowest BCUT2D eigenvalue weighted by Gasteiger charge is -2.35. The number of aliphatic hydroxyl groups is 1. The fourth-order valence-electron chi connectivity index (χ4n) is 4.65. The second kappa shape index (κ2) is 12.1. The molecule has 3 N–H and O–H groups in total. The van der Waals surface area contributed by atoms with Crippen LogP contribution in [0.25, 0.3) is 10.4 Å². The number of halogens is 2. The Hall–Kier alpha value is -3.22. The van der Waals surface area contributed by atoms with Crippen molar-refractivity contribution in [1.29, 1.82) is 0 Å². The van der Waals surface area contributed by atoms with E-state index in [0.29, 0.717) is 0 Å². The van der Waals surface area contributed by atoms with E-state index in [4.69, 9.17) is 0 Å². The Labute approximate surface area is 239 Å². The van der Waals surface area contributed by atoms with Crippen molar-refractivity contribution >= 4 is 40.4 Å². The molecule has 1 aromatic carbocycles. The van der Waals surface area contributed by atoms with E-state index in [1.807, 2.05) is 31.2 Å². The van der Waals surface area contributed by atoms with E-state index in [2.05, 4.69) is 15.6 Å². The number of aliphatic hydroxyl groups excluding tert-OH is 1. The number of rotatable bonds is 8. The van der Waals surface area contributed by atoms with Crippen LogP contribution in [0.4, 0.5) is 8.78 Å². The second-order valence-electron chi connectivity index (χ2n) is 10.9. The topological polar surface area (TPSA) is 112 Å². The first-order valence-corrected chi connectivity index (χ1v) is 14.6. The lowest BCUT2D eigenvalue weighted by Crippen LogP contribution is -2.57. The molecule has 214 valence electrons. The molecule has 0 spiro atoms. The van der Waals surface area contributed by atoms with Crippen LogP contribution < -0.4 is 10.6 Å². The number of nitrogens with zero attached hydrogens (tertiary/aromatic N) is 2. The molecular formula is C28H32F2N4O4S2. The molecule has 3 aromatic rings.